The van der Waals surface area contributed by atoms with Crippen LogP contribution >= 0.6 is 15.9 Å². The van der Waals surface area contributed by atoms with Crippen molar-refractivity contribution in [3.05, 3.63) is 70.4 Å². The molecule has 0 atom stereocenters. The Bertz CT molecular complexity index is 842. The van der Waals surface area contributed by atoms with Gasteiger partial charge in [-0.1, -0.05) is 28.1 Å². The predicted molar refractivity (Wildman–Crippen MR) is 93.7 cm³/mol. The summed E-state index contributed by atoms with van der Waals surface area (Å²) in [5.74, 6) is 3.52. The average molecular weight is 387 g/mol. The van der Waals surface area contributed by atoms with Crippen molar-refractivity contribution in [2.24, 2.45) is 0 Å². The van der Waals surface area contributed by atoms with Crippen LogP contribution in [0, 0.1) is 0 Å². The van der Waals surface area contributed by atoms with Gasteiger partial charge < -0.3 is 19.2 Å². The molecule has 4 nitrogen and oxygen atoms in total. The Labute approximate surface area is 148 Å². The van der Waals surface area contributed by atoms with Crippen molar-refractivity contribution < 1.29 is 19.2 Å². The first-order valence-electron chi connectivity index (χ1n) is 7.83. The van der Waals surface area contributed by atoms with Gasteiger partial charge in [0.25, 0.3) is 0 Å². The number of nitrogens with two attached hydrogens (primary N) is 1. The molecule has 0 bridgehead atoms. The van der Waals surface area contributed by atoms with Crippen LogP contribution in [0.25, 0.3) is 11.3 Å². The summed E-state index contributed by atoms with van der Waals surface area (Å²) in [6, 6.07) is 18.2. The number of rotatable bonds is 5. The van der Waals surface area contributed by atoms with Crippen molar-refractivity contribution in [3.63, 3.8) is 0 Å². The molecule has 0 saturated heterocycles. The molecule has 3 aromatic rings. The van der Waals surface area contributed by atoms with Crippen LogP contribution in [0.5, 0.6) is 11.5 Å². The maximum absolute atomic E-state index is 5.93. The molecule has 1 aliphatic rings. The highest BCUT2D eigenvalue weighted by molar-refractivity contribution is 9.10. The lowest BCUT2D eigenvalue weighted by molar-refractivity contribution is -0.687. The van der Waals surface area contributed by atoms with E-state index in [1.807, 2.05) is 48.5 Å². The van der Waals surface area contributed by atoms with E-state index in [0.717, 1.165) is 46.1 Å². The van der Waals surface area contributed by atoms with E-state index >= 15 is 0 Å². The minimum Gasteiger partial charge on any atom is -0.455 e. The van der Waals surface area contributed by atoms with Crippen molar-refractivity contribution in [2.45, 2.75) is 13.1 Å². The zero-order valence-corrected chi connectivity index (χ0v) is 14.6. The van der Waals surface area contributed by atoms with Gasteiger partial charge in [-0.25, -0.2) is 0 Å². The number of hydrogen-bond acceptors (Lipinski definition) is 3. The molecule has 2 N–H and O–H groups in total. The van der Waals surface area contributed by atoms with Crippen molar-refractivity contribution in [3.8, 4) is 22.8 Å². The molecule has 0 aliphatic carbocycles. The van der Waals surface area contributed by atoms with Crippen LogP contribution in [0.15, 0.2) is 63.5 Å². The molecule has 1 aromatic heterocycles. The van der Waals surface area contributed by atoms with Crippen LogP contribution in [0.4, 0.5) is 0 Å². The van der Waals surface area contributed by atoms with Gasteiger partial charge in [0.05, 0.1) is 0 Å². The normalized spacial score (nSPS) is 12.5. The zero-order valence-electron chi connectivity index (χ0n) is 13.0. The summed E-state index contributed by atoms with van der Waals surface area (Å²) in [7, 11) is 0. The van der Waals surface area contributed by atoms with Gasteiger partial charge in [-0.3, -0.25) is 0 Å². The number of fused-ring (bicyclic) bond motifs is 1. The highest BCUT2D eigenvalue weighted by Crippen LogP contribution is 2.32. The second-order valence-corrected chi connectivity index (χ2v) is 6.57. The maximum atomic E-state index is 5.93. The van der Waals surface area contributed by atoms with Gasteiger partial charge >= 0.3 is 0 Å². The highest BCUT2D eigenvalue weighted by Gasteiger charge is 2.13. The number of ether oxygens (including phenoxy) is 2. The first-order chi connectivity index (χ1) is 11.8. The van der Waals surface area contributed by atoms with E-state index in [0.29, 0.717) is 6.79 Å². The molecule has 122 valence electrons. The summed E-state index contributed by atoms with van der Waals surface area (Å²) in [5.41, 5.74) is 2.29. The second kappa shape index (κ2) is 6.71. The van der Waals surface area contributed by atoms with E-state index in [9.17, 15) is 0 Å². The van der Waals surface area contributed by atoms with Crippen LogP contribution in [0.1, 0.15) is 11.3 Å². The van der Waals surface area contributed by atoms with Crippen LogP contribution in [-0.4, -0.2) is 6.79 Å². The Kier molecular flexibility index (Phi) is 4.28. The smallest absolute Gasteiger partial charge is 0.231 e. The first-order valence-corrected chi connectivity index (χ1v) is 8.62. The predicted octanol–water partition coefficient (Wildman–Crippen LogP) is 3.70. The van der Waals surface area contributed by atoms with Crippen LogP contribution in [0.2, 0.25) is 0 Å². The molecule has 1 aliphatic heterocycles. The third kappa shape index (κ3) is 3.32. The summed E-state index contributed by atoms with van der Waals surface area (Å²) in [6.45, 7) is 1.98. The van der Waals surface area contributed by atoms with Gasteiger partial charge in [0.2, 0.25) is 6.79 Å². The van der Waals surface area contributed by atoms with Crippen LogP contribution in [-0.2, 0) is 13.1 Å². The highest BCUT2D eigenvalue weighted by atomic mass is 79.9. The topological polar surface area (TPSA) is 48.2 Å². The molecule has 24 heavy (non-hydrogen) atoms. The lowest BCUT2D eigenvalue weighted by atomic mass is 10.2. The Hall–Kier alpha value is -2.24. The Balaban J connectivity index is 1.36. The fourth-order valence-corrected chi connectivity index (χ4v) is 2.97. The van der Waals surface area contributed by atoms with Gasteiger partial charge in [0.15, 0.2) is 17.3 Å². The third-order valence-electron chi connectivity index (χ3n) is 3.95. The maximum Gasteiger partial charge on any atom is 0.231 e. The molecule has 2 heterocycles. The van der Waals surface area contributed by atoms with E-state index in [2.05, 4.69) is 27.3 Å². The molecule has 2 aromatic carbocycles. The van der Waals surface area contributed by atoms with Crippen LogP contribution in [0.3, 0.4) is 0 Å². The van der Waals surface area contributed by atoms with Gasteiger partial charge in [-0.15, -0.1) is 0 Å². The van der Waals surface area contributed by atoms with Gasteiger partial charge in [0.1, 0.15) is 18.8 Å². The Morgan fingerprint density at radius 3 is 2.58 bits per heavy atom. The molecule has 0 amide bonds. The molecule has 0 spiro atoms. The molecule has 4 rings (SSSR count). The minimum atomic E-state index is 0.313. The van der Waals surface area contributed by atoms with Gasteiger partial charge in [-0.2, -0.15) is 0 Å². The lowest BCUT2D eigenvalue weighted by Crippen LogP contribution is -2.80. The minimum absolute atomic E-state index is 0.313. The fraction of sp³-hybridized carbons (Fsp3) is 0.158. The molecule has 5 heteroatoms. The summed E-state index contributed by atoms with van der Waals surface area (Å²) in [4.78, 5) is 0. The Morgan fingerprint density at radius 1 is 0.875 bits per heavy atom. The molecular weight excluding hydrogens is 370 g/mol. The standard InChI is InChI=1S/C19H16BrNO3/c20-15-4-2-14(3-5-15)17-8-6-16(24-17)11-21-10-13-1-7-18-19(9-13)23-12-22-18/h1-9,21H,10-12H2/p+1. The van der Waals surface area contributed by atoms with E-state index in [1.165, 1.54) is 5.56 Å². The molecule has 0 fully saturated rings. The molecular formula is C19H17BrNO3+. The molecule has 0 radical (unpaired) electrons. The average Bonchev–Trinajstić information content (AvgIpc) is 3.24. The largest absolute Gasteiger partial charge is 0.455 e. The van der Waals surface area contributed by atoms with E-state index in [-0.39, 0.29) is 0 Å². The van der Waals surface area contributed by atoms with E-state index in [4.69, 9.17) is 13.9 Å². The van der Waals surface area contributed by atoms with E-state index < -0.39 is 0 Å². The van der Waals surface area contributed by atoms with Crippen molar-refractivity contribution in [2.75, 3.05) is 6.79 Å². The first kappa shape index (κ1) is 15.3. The SMILES string of the molecule is Brc1ccc(-c2ccc(C[NH2+]Cc3ccc4c(c3)OCO4)o2)cc1. The zero-order chi connectivity index (χ0) is 16.4. The summed E-state index contributed by atoms with van der Waals surface area (Å²) in [6.07, 6.45) is 0. The summed E-state index contributed by atoms with van der Waals surface area (Å²) in [5, 5.41) is 2.21. The second-order valence-electron chi connectivity index (χ2n) is 5.66. The number of halogens is 1. The van der Waals surface area contributed by atoms with Crippen LogP contribution < -0.4 is 14.8 Å². The number of furan rings is 1. The monoisotopic (exact) mass is 386 g/mol. The Morgan fingerprint density at radius 2 is 1.71 bits per heavy atom. The number of hydrogen-bond donors (Lipinski definition) is 1. The number of quaternary nitrogens is 1. The third-order valence-corrected chi connectivity index (χ3v) is 4.48. The quantitative estimate of drug-likeness (QED) is 0.726. The number of benzene rings is 2. The lowest BCUT2D eigenvalue weighted by Gasteiger charge is -2.02. The molecule has 0 unspecified atom stereocenters. The summed E-state index contributed by atoms with van der Waals surface area (Å²) >= 11 is 3.45. The fourth-order valence-electron chi connectivity index (χ4n) is 2.71. The summed E-state index contributed by atoms with van der Waals surface area (Å²) < 4.78 is 17.7. The molecule has 0 saturated carbocycles. The van der Waals surface area contributed by atoms with Gasteiger partial charge in [0, 0.05) is 15.6 Å². The van der Waals surface area contributed by atoms with E-state index in [1.54, 1.807) is 0 Å². The van der Waals surface area contributed by atoms with Crippen molar-refractivity contribution in [1.82, 2.24) is 0 Å². The van der Waals surface area contributed by atoms with Crippen molar-refractivity contribution in [1.29, 1.82) is 0 Å². The van der Waals surface area contributed by atoms with Crippen molar-refractivity contribution >= 4 is 15.9 Å². The van der Waals surface area contributed by atoms with Gasteiger partial charge in [-0.05, 0) is 42.5 Å².